The minimum atomic E-state index is -0.399. The molecule has 0 aliphatic carbocycles. The smallest absolute Gasteiger partial charge is 0.251 e. The Kier molecular flexibility index (Phi) is 7.52. The summed E-state index contributed by atoms with van der Waals surface area (Å²) in [7, 11) is 0. The van der Waals surface area contributed by atoms with E-state index in [0.717, 1.165) is 0 Å². The van der Waals surface area contributed by atoms with Crippen LogP contribution in [0.2, 0.25) is 5.02 Å². The maximum atomic E-state index is 12.0. The lowest BCUT2D eigenvalue weighted by Gasteiger charge is -2.33. The second-order valence-corrected chi connectivity index (χ2v) is 6.63. The molecule has 2 amide bonds. The van der Waals surface area contributed by atoms with Gasteiger partial charge >= 0.3 is 0 Å². The van der Waals surface area contributed by atoms with Crippen LogP contribution < -0.4 is 16.4 Å². The Labute approximate surface area is 143 Å². The molecular formula is C17H26ClN3O2. The summed E-state index contributed by atoms with van der Waals surface area (Å²) < 4.78 is 0. The van der Waals surface area contributed by atoms with Gasteiger partial charge in [-0.2, -0.15) is 0 Å². The minimum Gasteiger partial charge on any atom is -0.352 e. The van der Waals surface area contributed by atoms with Crippen molar-refractivity contribution >= 4 is 23.4 Å². The first kappa shape index (κ1) is 19.5. The highest BCUT2D eigenvalue weighted by Crippen LogP contribution is 2.15. The summed E-state index contributed by atoms with van der Waals surface area (Å²) in [6, 6.07) is 6.67. The van der Waals surface area contributed by atoms with Gasteiger partial charge in [0.25, 0.3) is 5.91 Å². The van der Waals surface area contributed by atoms with Crippen LogP contribution in [-0.2, 0) is 4.79 Å². The molecule has 1 rings (SSSR count). The molecule has 6 heteroatoms. The fraction of sp³-hybridized carbons (Fsp3) is 0.529. The van der Waals surface area contributed by atoms with E-state index in [0.29, 0.717) is 36.5 Å². The van der Waals surface area contributed by atoms with Gasteiger partial charge in [-0.25, -0.2) is 0 Å². The molecule has 23 heavy (non-hydrogen) atoms. The molecule has 128 valence electrons. The molecular weight excluding hydrogens is 314 g/mol. The van der Waals surface area contributed by atoms with Gasteiger partial charge in [-0.15, -0.1) is 0 Å². The summed E-state index contributed by atoms with van der Waals surface area (Å²) in [6.45, 7) is 6.83. The van der Waals surface area contributed by atoms with Crippen LogP contribution in [0.3, 0.4) is 0 Å². The largest absolute Gasteiger partial charge is 0.352 e. The van der Waals surface area contributed by atoms with Gasteiger partial charge in [-0.1, -0.05) is 25.4 Å². The van der Waals surface area contributed by atoms with Crippen LogP contribution >= 0.6 is 11.6 Å². The van der Waals surface area contributed by atoms with Crippen molar-refractivity contribution in [1.29, 1.82) is 0 Å². The molecule has 1 atom stereocenters. The van der Waals surface area contributed by atoms with Crippen LogP contribution in [0.25, 0.3) is 0 Å². The van der Waals surface area contributed by atoms with Crippen LogP contribution in [0.15, 0.2) is 24.3 Å². The van der Waals surface area contributed by atoms with Crippen molar-refractivity contribution in [2.45, 2.75) is 39.2 Å². The Hall–Kier alpha value is -1.59. The lowest BCUT2D eigenvalue weighted by atomic mass is 9.88. The van der Waals surface area contributed by atoms with Gasteiger partial charge in [0.1, 0.15) is 0 Å². The Balaban J connectivity index is 2.33. The minimum absolute atomic E-state index is 0.0487. The fourth-order valence-corrected chi connectivity index (χ4v) is 2.09. The molecule has 1 aromatic carbocycles. The molecule has 5 nitrogen and oxygen atoms in total. The molecule has 0 bridgehead atoms. The Morgan fingerprint density at radius 2 is 1.87 bits per heavy atom. The highest BCUT2D eigenvalue weighted by atomic mass is 35.5. The zero-order valence-electron chi connectivity index (χ0n) is 14.0. The molecule has 0 spiro atoms. The van der Waals surface area contributed by atoms with Crippen molar-refractivity contribution in [2.24, 2.45) is 11.7 Å². The van der Waals surface area contributed by atoms with Crippen molar-refractivity contribution in [1.82, 2.24) is 10.6 Å². The Morgan fingerprint density at radius 1 is 1.26 bits per heavy atom. The zero-order chi connectivity index (χ0) is 17.5. The van der Waals surface area contributed by atoms with E-state index >= 15 is 0 Å². The van der Waals surface area contributed by atoms with Crippen molar-refractivity contribution in [3.63, 3.8) is 0 Å². The van der Waals surface area contributed by atoms with E-state index in [1.54, 1.807) is 24.3 Å². The first-order valence-electron chi connectivity index (χ1n) is 7.83. The molecule has 0 saturated carbocycles. The topological polar surface area (TPSA) is 84.2 Å². The number of carbonyl (C=O) groups excluding carboxylic acids is 2. The normalized spacial score (nSPS) is 13.5. The van der Waals surface area contributed by atoms with E-state index in [1.165, 1.54) is 0 Å². The molecule has 1 unspecified atom stereocenters. The van der Waals surface area contributed by atoms with Crippen LogP contribution in [0, 0.1) is 5.92 Å². The third-order valence-corrected chi connectivity index (χ3v) is 4.35. The summed E-state index contributed by atoms with van der Waals surface area (Å²) >= 11 is 5.78. The van der Waals surface area contributed by atoms with Crippen molar-refractivity contribution < 1.29 is 9.59 Å². The summed E-state index contributed by atoms with van der Waals surface area (Å²) in [6.07, 6.45) is 0.924. The van der Waals surface area contributed by atoms with Crippen molar-refractivity contribution in [3.05, 3.63) is 34.9 Å². The van der Waals surface area contributed by atoms with Crippen molar-refractivity contribution in [3.8, 4) is 0 Å². The molecule has 0 aromatic heterocycles. The van der Waals surface area contributed by atoms with Crippen LogP contribution in [0.4, 0.5) is 0 Å². The lowest BCUT2D eigenvalue weighted by Crippen LogP contribution is -2.55. The average Bonchev–Trinajstić information content (AvgIpc) is 2.51. The van der Waals surface area contributed by atoms with E-state index in [4.69, 9.17) is 17.3 Å². The van der Waals surface area contributed by atoms with Crippen LogP contribution in [-0.4, -0.2) is 30.4 Å². The van der Waals surface area contributed by atoms with Gasteiger partial charge in [0.2, 0.25) is 5.91 Å². The fourth-order valence-electron chi connectivity index (χ4n) is 1.97. The van der Waals surface area contributed by atoms with Gasteiger partial charge in [-0.3, -0.25) is 9.59 Å². The van der Waals surface area contributed by atoms with E-state index < -0.39 is 5.54 Å². The first-order chi connectivity index (χ1) is 10.8. The van der Waals surface area contributed by atoms with Gasteiger partial charge in [0, 0.05) is 30.1 Å². The third kappa shape index (κ3) is 6.20. The molecule has 0 heterocycles. The standard InChI is InChI=1S/C17H26ClN3O2/c1-12(2)17(3,11-19)21-15(22)5-4-10-20-16(23)13-6-8-14(18)9-7-13/h6-9,12H,4-5,10-11,19H2,1-3H3,(H,20,23)(H,21,22). The third-order valence-electron chi connectivity index (χ3n) is 4.10. The number of nitrogens with two attached hydrogens (primary N) is 1. The maximum Gasteiger partial charge on any atom is 0.251 e. The molecule has 0 aliphatic heterocycles. The SMILES string of the molecule is CC(C)C(C)(CN)NC(=O)CCCNC(=O)c1ccc(Cl)cc1. The van der Waals surface area contributed by atoms with E-state index in [2.05, 4.69) is 10.6 Å². The molecule has 0 aliphatic rings. The first-order valence-corrected chi connectivity index (χ1v) is 8.21. The van der Waals surface area contributed by atoms with Crippen LogP contribution in [0.5, 0.6) is 0 Å². The van der Waals surface area contributed by atoms with Gasteiger partial charge in [-0.05, 0) is 43.5 Å². The van der Waals surface area contributed by atoms with Gasteiger partial charge < -0.3 is 16.4 Å². The quantitative estimate of drug-likeness (QED) is 0.635. The number of nitrogens with one attached hydrogen (secondary N) is 2. The lowest BCUT2D eigenvalue weighted by molar-refractivity contribution is -0.123. The molecule has 0 fully saturated rings. The van der Waals surface area contributed by atoms with E-state index in [9.17, 15) is 9.59 Å². The van der Waals surface area contributed by atoms with E-state index in [-0.39, 0.29) is 17.7 Å². The second-order valence-electron chi connectivity index (χ2n) is 6.19. The molecule has 0 radical (unpaired) electrons. The Morgan fingerprint density at radius 3 is 2.39 bits per heavy atom. The summed E-state index contributed by atoms with van der Waals surface area (Å²) in [4.78, 5) is 23.9. The number of halogens is 1. The second kappa shape index (κ2) is 8.89. The number of hydrogen-bond donors (Lipinski definition) is 3. The predicted octanol–water partition coefficient (Wildman–Crippen LogP) is 2.34. The highest BCUT2D eigenvalue weighted by molar-refractivity contribution is 6.30. The Bertz CT molecular complexity index is 531. The van der Waals surface area contributed by atoms with Gasteiger partial charge in [0.05, 0.1) is 5.54 Å². The summed E-state index contributed by atoms with van der Waals surface area (Å²) in [5.74, 6) is 0.0319. The highest BCUT2D eigenvalue weighted by Gasteiger charge is 2.28. The zero-order valence-corrected chi connectivity index (χ0v) is 14.7. The van der Waals surface area contributed by atoms with Gasteiger partial charge in [0.15, 0.2) is 0 Å². The number of carbonyl (C=O) groups is 2. The number of rotatable bonds is 8. The molecule has 4 N–H and O–H groups in total. The van der Waals surface area contributed by atoms with Crippen molar-refractivity contribution in [2.75, 3.05) is 13.1 Å². The number of amides is 2. The summed E-state index contributed by atoms with van der Waals surface area (Å²) in [5.41, 5.74) is 5.90. The van der Waals surface area contributed by atoms with Crippen LogP contribution in [0.1, 0.15) is 44.0 Å². The average molecular weight is 340 g/mol. The van der Waals surface area contributed by atoms with E-state index in [1.807, 2.05) is 20.8 Å². The molecule has 0 saturated heterocycles. The monoisotopic (exact) mass is 339 g/mol. The number of hydrogen-bond acceptors (Lipinski definition) is 3. The number of benzene rings is 1. The summed E-state index contributed by atoms with van der Waals surface area (Å²) in [5, 5.41) is 6.35. The molecule has 1 aromatic rings. The maximum absolute atomic E-state index is 12.0. The predicted molar refractivity (Wildman–Crippen MR) is 93.5 cm³/mol.